The molecule has 2 aromatic carbocycles. The minimum Gasteiger partial charge on any atom is -0.282 e. The molecule has 0 fully saturated rings. The minimum absolute atomic E-state index is 0.0672. The van der Waals surface area contributed by atoms with Gasteiger partial charge in [0.25, 0.3) is 0 Å². The lowest BCUT2D eigenvalue weighted by molar-refractivity contribution is 0.551. The zero-order valence-electron chi connectivity index (χ0n) is 10.8. The normalized spacial score (nSPS) is 20.9. The number of rotatable bonds is 2. The molecule has 1 heterocycles. The van der Waals surface area contributed by atoms with Crippen LogP contribution in [0.3, 0.4) is 0 Å². The van der Waals surface area contributed by atoms with Crippen molar-refractivity contribution in [3.63, 3.8) is 0 Å². The molecule has 0 saturated carbocycles. The smallest absolute Gasteiger partial charge is 0.124 e. The topological polar surface area (TPSA) is 36.8 Å². The van der Waals surface area contributed by atoms with Gasteiger partial charge in [-0.2, -0.15) is 5.11 Å². The van der Waals surface area contributed by atoms with Gasteiger partial charge in [0.1, 0.15) is 12.1 Å². The second-order valence-corrected chi connectivity index (χ2v) is 5.69. The number of halogens is 2. The fraction of sp³-hybridized carbons (Fsp3) is 0.200. The summed E-state index contributed by atoms with van der Waals surface area (Å²) in [6, 6.07) is 13.6. The van der Waals surface area contributed by atoms with Gasteiger partial charge >= 0.3 is 0 Å². The molecule has 0 bridgehead atoms. The molecule has 0 aliphatic carbocycles. The molecule has 5 heteroatoms. The third kappa shape index (κ3) is 2.51. The maximum atomic E-state index is 6.28. The second kappa shape index (κ2) is 5.43. The first-order valence-electron chi connectivity index (χ1n) is 6.32. The van der Waals surface area contributed by atoms with E-state index in [1.54, 1.807) is 6.07 Å². The average Bonchev–Trinajstić information content (AvgIpc) is 2.88. The molecule has 2 unspecified atom stereocenters. The van der Waals surface area contributed by atoms with Gasteiger partial charge in [-0.3, -0.25) is 5.43 Å². The van der Waals surface area contributed by atoms with E-state index in [-0.39, 0.29) is 12.1 Å². The Labute approximate surface area is 127 Å². The van der Waals surface area contributed by atoms with Crippen LogP contribution in [0.15, 0.2) is 52.8 Å². The summed E-state index contributed by atoms with van der Waals surface area (Å²) in [4.78, 5) is 0. The van der Waals surface area contributed by atoms with Crippen molar-refractivity contribution in [3.05, 3.63) is 69.2 Å². The molecule has 1 N–H and O–H groups in total. The Bertz CT molecular complexity index is 653. The Balaban J connectivity index is 1.95. The van der Waals surface area contributed by atoms with Crippen LogP contribution in [0.4, 0.5) is 0 Å². The molecule has 3 rings (SSSR count). The van der Waals surface area contributed by atoms with E-state index in [4.69, 9.17) is 23.2 Å². The van der Waals surface area contributed by atoms with E-state index in [1.165, 1.54) is 5.56 Å². The molecule has 3 nitrogen and oxygen atoms in total. The first kappa shape index (κ1) is 13.4. The summed E-state index contributed by atoms with van der Waals surface area (Å²) in [6.07, 6.45) is 0. The van der Waals surface area contributed by atoms with Crippen LogP contribution in [0, 0.1) is 6.92 Å². The molecule has 0 aromatic heterocycles. The molecule has 0 radical (unpaired) electrons. The highest BCUT2D eigenvalue weighted by molar-refractivity contribution is 6.35. The maximum absolute atomic E-state index is 6.28. The quantitative estimate of drug-likeness (QED) is 0.827. The zero-order chi connectivity index (χ0) is 14.1. The van der Waals surface area contributed by atoms with Crippen molar-refractivity contribution in [1.82, 2.24) is 5.43 Å². The van der Waals surface area contributed by atoms with Gasteiger partial charge in [0, 0.05) is 10.0 Å². The summed E-state index contributed by atoms with van der Waals surface area (Å²) in [7, 11) is 0. The van der Waals surface area contributed by atoms with Crippen molar-refractivity contribution in [2.24, 2.45) is 10.3 Å². The van der Waals surface area contributed by atoms with Gasteiger partial charge in [0.15, 0.2) is 0 Å². The molecule has 1 aliphatic rings. The van der Waals surface area contributed by atoms with E-state index in [0.717, 1.165) is 11.1 Å². The minimum atomic E-state index is -0.0747. The molecule has 2 aromatic rings. The highest BCUT2D eigenvalue weighted by atomic mass is 35.5. The standard InChI is InChI=1S/C15H13Cl2N3/c1-9-2-4-10(5-3-9)14-15(19-20-18-14)12-7-6-11(16)8-13(12)17/h2-8,14-15H,1H3,(H,18,19). The summed E-state index contributed by atoms with van der Waals surface area (Å²) in [5.74, 6) is 0. The predicted octanol–water partition coefficient (Wildman–Crippen LogP) is 5.05. The average molecular weight is 306 g/mol. The van der Waals surface area contributed by atoms with Crippen molar-refractivity contribution < 1.29 is 0 Å². The van der Waals surface area contributed by atoms with E-state index < -0.39 is 0 Å². The van der Waals surface area contributed by atoms with Gasteiger partial charge in [-0.25, -0.2) is 0 Å². The largest absolute Gasteiger partial charge is 0.282 e. The molecular formula is C15H13Cl2N3. The lowest BCUT2D eigenvalue weighted by Gasteiger charge is -2.18. The van der Waals surface area contributed by atoms with Crippen LogP contribution in [-0.4, -0.2) is 0 Å². The Morgan fingerprint density at radius 1 is 1.05 bits per heavy atom. The van der Waals surface area contributed by atoms with Crippen LogP contribution in [-0.2, 0) is 0 Å². The molecule has 20 heavy (non-hydrogen) atoms. The Hall–Kier alpha value is -1.58. The predicted molar refractivity (Wildman–Crippen MR) is 81.1 cm³/mol. The lowest BCUT2D eigenvalue weighted by atomic mass is 9.94. The van der Waals surface area contributed by atoms with Crippen molar-refractivity contribution in [3.8, 4) is 0 Å². The van der Waals surface area contributed by atoms with Gasteiger partial charge in [-0.15, -0.1) is 0 Å². The number of aryl methyl sites for hydroxylation is 1. The SMILES string of the molecule is Cc1ccc(C2N=NNC2c2ccc(Cl)cc2Cl)cc1. The fourth-order valence-corrected chi connectivity index (χ4v) is 2.84. The number of nitrogens with zero attached hydrogens (tertiary/aromatic N) is 2. The van der Waals surface area contributed by atoms with Gasteiger partial charge in [0.05, 0.1) is 0 Å². The molecular weight excluding hydrogens is 293 g/mol. The van der Waals surface area contributed by atoms with Crippen LogP contribution in [0.25, 0.3) is 0 Å². The van der Waals surface area contributed by atoms with Crippen molar-refractivity contribution in [2.75, 3.05) is 0 Å². The van der Waals surface area contributed by atoms with E-state index in [1.807, 2.05) is 12.1 Å². The molecule has 0 saturated heterocycles. The summed E-state index contributed by atoms with van der Waals surface area (Å²) < 4.78 is 0. The number of nitrogens with one attached hydrogen (secondary N) is 1. The van der Waals surface area contributed by atoms with E-state index >= 15 is 0 Å². The molecule has 102 valence electrons. The molecule has 2 atom stereocenters. The van der Waals surface area contributed by atoms with Gasteiger partial charge < -0.3 is 0 Å². The number of hydrogen-bond donors (Lipinski definition) is 1. The Morgan fingerprint density at radius 2 is 1.80 bits per heavy atom. The van der Waals surface area contributed by atoms with Crippen molar-refractivity contribution >= 4 is 23.2 Å². The van der Waals surface area contributed by atoms with E-state index in [9.17, 15) is 0 Å². The number of hydrogen-bond acceptors (Lipinski definition) is 3. The van der Waals surface area contributed by atoms with Crippen LogP contribution < -0.4 is 5.43 Å². The summed E-state index contributed by atoms with van der Waals surface area (Å²) in [5, 5.41) is 9.49. The summed E-state index contributed by atoms with van der Waals surface area (Å²) in [5.41, 5.74) is 6.31. The summed E-state index contributed by atoms with van der Waals surface area (Å²) in [6.45, 7) is 2.06. The first-order chi connectivity index (χ1) is 9.65. The first-order valence-corrected chi connectivity index (χ1v) is 7.07. The van der Waals surface area contributed by atoms with Crippen molar-refractivity contribution in [2.45, 2.75) is 19.0 Å². The second-order valence-electron chi connectivity index (χ2n) is 4.84. The lowest BCUT2D eigenvalue weighted by Crippen LogP contribution is -2.16. The van der Waals surface area contributed by atoms with E-state index in [2.05, 4.69) is 47.0 Å². The third-order valence-electron chi connectivity index (χ3n) is 3.41. The van der Waals surface area contributed by atoms with Gasteiger partial charge in [0.2, 0.25) is 0 Å². The monoisotopic (exact) mass is 305 g/mol. The van der Waals surface area contributed by atoms with Crippen LogP contribution in [0.2, 0.25) is 10.0 Å². The highest BCUT2D eigenvalue weighted by Crippen LogP contribution is 2.39. The molecule has 0 amide bonds. The summed E-state index contributed by atoms with van der Waals surface area (Å²) >= 11 is 12.2. The highest BCUT2D eigenvalue weighted by Gasteiger charge is 2.30. The van der Waals surface area contributed by atoms with Gasteiger partial charge in [-0.1, -0.05) is 64.3 Å². The van der Waals surface area contributed by atoms with Crippen LogP contribution in [0.5, 0.6) is 0 Å². The van der Waals surface area contributed by atoms with Crippen LogP contribution >= 0.6 is 23.2 Å². The van der Waals surface area contributed by atoms with Crippen LogP contribution in [0.1, 0.15) is 28.8 Å². The van der Waals surface area contributed by atoms with E-state index in [0.29, 0.717) is 10.0 Å². The molecule has 0 spiro atoms. The third-order valence-corrected chi connectivity index (χ3v) is 3.97. The van der Waals surface area contributed by atoms with Crippen molar-refractivity contribution in [1.29, 1.82) is 0 Å². The Kier molecular flexibility index (Phi) is 3.64. The zero-order valence-corrected chi connectivity index (χ0v) is 12.4. The molecule has 1 aliphatic heterocycles. The van der Waals surface area contributed by atoms with Gasteiger partial charge in [-0.05, 0) is 30.2 Å². The maximum Gasteiger partial charge on any atom is 0.124 e. The fourth-order valence-electron chi connectivity index (χ4n) is 2.31. The number of benzene rings is 2. The Morgan fingerprint density at radius 3 is 2.50 bits per heavy atom.